The van der Waals surface area contributed by atoms with Crippen LogP contribution < -0.4 is 10.1 Å². The average molecular weight is 225 g/mol. The third kappa shape index (κ3) is 1.92. The third-order valence-corrected chi connectivity index (χ3v) is 3.07. The molecule has 17 heavy (non-hydrogen) atoms. The summed E-state index contributed by atoms with van der Waals surface area (Å²) in [6.45, 7) is 2.03. The van der Waals surface area contributed by atoms with E-state index in [0.29, 0.717) is 0 Å². The highest BCUT2D eigenvalue weighted by Gasteiger charge is 2.25. The molecule has 0 unspecified atom stereocenters. The Morgan fingerprint density at radius 2 is 1.65 bits per heavy atom. The van der Waals surface area contributed by atoms with Crippen LogP contribution in [0.25, 0.3) is 0 Å². The van der Waals surface area contributed by atoms with Crippen molar-refractivity contribution in [3.05, 3.63) is 65.7 Å². The summed E-state index contributed by atoms with van der Waals surface area (Å²) in [5, 5.41) is 3.47. The first-order valence-electron chi connectivity index (χ1n) is 5.91. The predicted octanol–water partition coefficient (Wildman–Crippen LogP) is 3.10. The van der Waals surface area contributed by atoms with Crippen molar-refractivity contribution in [2.45, 2.75) is 19.2 Å². The van der Waals surface area contributed by atoms with Crippen LogP contribution in [0.1, 0.15) is 24.1 Å². The van der Waals surface area contributed by atoms with Gasteiger partial charge in [-0.2, -0.15) is 0 Å². The van der Waals surface area contributed by atoms with Crippen molar-refractivity contribution < 1.29 is 4.74 Å². The topological polar surface area (TPSA) is 21.3 Å². The van der Waals surface area contributed by atoms with Gasteiger partial charge in [0.1, 0.15) is 12.0 Å². The van der Waals surface area contributed by atoms with Crippen LogP contribution in [-0.2, 0) is 0 Å². The Bertz CT molecular complexity index is 509. The zero-order valence-corrected chi connectivity index (χ0v) is 9.76. The molecule has 0 aliphatic carbocycles. The number of rotatable bonds is 1. The van der Waals surface area contributed by atoms with Gasteiger partial charge in [0.2, 0.25) is 0 Å². The van der Waals surface area contributed by atoms with E-state index in [2.05, 4.69) is 41.7 Å². The van der Waals surface area contributed by atoms with E-state index in [1.54, 1.807) is 0 Å². The summed E-state index contributed by atoms with van der Waals surface area (Å²) in [5.74, 6) is 0.979. The molecule has 2 aromatic rings. The summed E-state index contributed by atoms with van der Waals surface area (Å²) in [6, 6.07) is 18.9. The maximum Gasteiger partial charge on any atom is 0.148 e. The minimum absolute atomic E-state index is 0.0371. The van der Waals surface area contributed by atoms with Gasteiger partial charge in [0.15, 0.2) is 0 Å². The fourth-order valence-corrected chi connectivity index (χ4v) is 2.30. The van der Waals surface area contributed by atoms with E-state index < -0.39 is 0 Å². The Kier molecular flexibility index (Phi) is 2.57. The van der Waals surface area contributed by atoms with Crippen molar-refractivity contribution in [1.29, 1.82) is 0 Å². The number of hydrogen-bond acceptors (Lipinski definition) is 2. The molecule has 0 fully saturated rings. The molecule has 2 nitrogen and oxygen atoms in total. The van der Waals surface area contributed by atoms with Gasteiger partial charge in [0.25, 0.3) is 0 Å². The fourth-order valence-electron chi connectivity index (χ4n) is 2.30. The van der Waals surface area contributed by atoms with E-state index in [1.165, 1.54) is 11.1 Å². The van der Waals surface area contributed by atoms with Crippen LogP contribution in [-0.4, -0.2) is 6.23 Å². The Morgan fingerprint density at radius 1 is 0.941 bits per heavy atom. The van der Waals surface area contributed by atoms with Crippen molar-refractivity contribution in [3.63, 3.8) is 0 Å². The van der Waals surface area contributed by atoms with Gasteiger partial charge in [0.05, 0.1) is 6.04 Å². The highest BCUT2D eigenvalue weighted by atomic mass is 16.5. The first-order chi connectivity index (χ1) is 8.34. The zero-order chi connectivity index (χ0) is 11.7. The first kappa shape index (κ1) is 10.4. The Balaban J connectivity index is 2.07. The maximum atomic E-state index is 5.77. The lowest BCUT2D eigenvalue weighted by Crippen LogP contribution is -2.39. The van der Waals surface area contributed by atoms with Crippen molar-refractivity contribution in [1.82, 2.24) is 5.32 Å². The molecule has 0 amide bonds. The van der Waals surface area contributed by atoms with E-state index in [-0.39, 0.29) is 12.3 Å². The number of fused-ring (bicyclic) bond motifs is 1. The van der Waals surface area contributed by atoms with Gasteiger partial charge in [0, 0.05) is 5.56 Å². The summed E-state index contributed by atoms with van der Waals surface area (Å²) in [5.41, 5.74) is 2.48. The molecule has 1 N–H and O–H groups in total. The van der Waals surface area contributed by atoms with E-state index in [9.17, 15) is 0 Å². The fraction of sp³-hybridized carbons (Fsp3) is 0.200. The molecular formula is C15H15NO. The molecule has 2 heteroatoms. The largest absolute Gasteiger partial charge is 0.475 e. The summed E-state index contributed by atoms with van der Waals surface area (Å²) in [7, 11) is 0. The number of ether oxygens (including phenoxy) is 1. The summed E-state index contributed by atoms with van der Waals surface area (Å²) in [6.07, 6.45) is 0.0371. The molecule has 0 aromatic heterocycles. The minimum Gasteiger partial charge on any atom is -0.475 e. The number of hydrogen-bond donors (Lipinski definition) is 1. The summed E-state index contributed by atoms with van der Waals surface area (Å²) < 4.78 is 5.77. The van der Waals surface area contributed by atoms with E-state index in [0.717, 1.165) is 5.75 Å². The highest BCUT2D eigenvalue weighted by molar-refractivity contribution is 5.43. The van der Waals surface area contributed by atoms with Gasteiger partial charge in [-0.1, -0.05) is 48.5 Å². The van der Waals surface area contributed by atoms with Crippen LogP contribution in [0.3, 0.4) is 0 Å². The van der Waals surface area contributed by atoms with E-state index in [4.69, 9.17) is 4.74 Å². The third-order valence-electron chi connectivity index (χ3n) is 3.07. The van der Waals surface area contributed by atoms with Gasteiger partial charge in [-0.25, -0.2) is 0 Å². The molecule has 2 atom stereocenters. The van der Waals surface area contributed by atoms with Crippen molar-refractivity contribution in [3.8, 4) is 5.75 Å². The first-order valence-corrected chi connectivity index (χ1v) is 5.91. The molecule has 1 aliphatic heterocycles. The van der Waals surface area contributed by atoms with Gasteiger partial charge in [-0.15, -0.1) is 0 Å². The van der Waals surface area contributed by atoms with Crippen LogP contribution in [0.5, 0.6) is 5.75 Å². The molecular weight excluding hydrogens is 210 g/mol. The molecule has 0 bridgehead atoms. The number of benzene rings is 2. The standard InChI is InChI=1S/C15H15NO/c1-11-16-15(12-7-3-2-4-8-12)13-9-5-6-10-14(13)17-11/h2-11,15-16H,1H3/t11-,15+/m1/s1. The predicted molar refractivity (Wildman–Crippen MR) is 68.0 cm³/mol. The molecule has 0 saturated heterocycles. The van der Waals surface area contributed by atoms with Crippen LogP contribution in [0.15, 0.2) is 54.6 Å². The average Bonchev–Trinajstić information content (AvgIpc) is 2.39. The SMILES string of the molecule is C[C@@H]1N[C@@H](c2ccccc2)c2ccccc2O1. The zero-order valence-electron chi connectivity index (χ0n) is 9.76. The lowest BCUT2D eigenvalue weighted by molar-refractivity contribution is 0.149. The molecule has 1 heterocycles. The Labute approximate surface area is 101 Å². The second-order valence-corrected chi connectivity index (χ2v) is 4.31. The quantitative estimate of drug-likeness (QED) is 0.805. The van der Waals surface area contributed by atoms with Crippen LogP contribution in [0, 0.1) is 0 Å². The Morgan fingerprint density at radius 3 is 2.47 bits per heavy atom. The summed E-state index contributed by atoms with van der Waals surface area (Å²) in [4.78, 5) is 0. The smallest absolute Gasteiger partial charge is 0.148 e. The van der Waals surface area contributed by atoms with Crippen molar-refractivity contribution >= 4 is 0 Å². The minimum atomic E-state index is 0.0371. The van der Waals surface area contributed by atoms with Crippen LogP contribution in [0.4, 0.5) is 0 Å². The molecule has 0 radical (unpaired) electrons. The second-order valence-electron chi connectivity index (χ2n) is 4.31. The molecule has 0 spiro atoms. The maximum absolute atomic E-state index is 5.77. The second kappa shape index (κ2) is 4.22. The Hall–Kier alpha value is -1.80. The number of para-hydroxylation sites is 1. The lowest BCUT2D eigenvalue weighted by Gasteiger charge is -2.32. The van der Waals surface area contributed by atoms with E-state index >= 15 is 0 Å². The highest BCUT2D eigenvalue weighted by Crippen LogP contribution is 2.33. The summed E-state index contributed by atoms with van der Waals surface area (Å²) >= 11 is 0. The van der Waals surface area contributed by atoms with Gasteiger partial charge in [-0.3, -0.25) is 5.32 Å². The van der Waals surface area contributed by atoms with Crippen LogP contribution in [0.2, 0.25) is 0 Å². The van der Waals surface area contributed by atoms with Gasteiger partial charge in [-0.05, 0) is 18.6 Å². The van der Waals surface area contributed by atoms with Crippen LogP contribution >= 0.6 is 0 Å². The van der Waals surface area contributed by atoms with E-state index in [1.807, 2.05) is 25.1 Å². The molecule has 3 rings (SSSR count). The molecule has 86 valence electrons. The van der Waals surface area contributed by atoms with Gasteiger partial charge >= 0.3 is 0 Å². The normalized spacial score (nSPS) is 22.6. The monoisotopic (exact) mass is 225 g/mol. The van der Waals surface area contributed by atoms with Crippen molar-refractivity contribution in [2.24, 2.45) is 0 Å². The molecule has 2 aromatic carbocycles. The molecule has 1 aliphatic rings. The van der Waals surface area contributed by atoms with Crippen molar-refractivity contribution in [2.75, 3.05) is 0 Å². The lowest BCUT2D eigenvalue weighted by atomic mass is 9.96. The molecule has 0 saturated carbocycles. The van der Waals surface area contributed by atoms with Gasteiger partial charge < -0.3 is 4.74 Å². The number of nitrogens with one attached hydrogen (secondary N) is 1.